The first-order valence-electron chi connectivity index (χ1n) is 9.80. The molecule has 1 rings (SSSR count). The van der Waals surface area contributed by atoms with Gasteiger partial charge in [0.2, 0.25) is 0 Å². The molecule has 0 N–H and O–H groups in total. The number of hydrogen-bond donors (Lipinski definition) is 0. The molecule has 0 fully saturated rings. The van der Waals surface area contributed by atoms with Gasteiger partial charge in [-0.3, -0.25) is 0 Å². The van der Waals surface area contributed by atoms with E-state index in [1.807, 2.05) is 49.4 Å². The van der Waals surface area contributed by atoms with Gasteiger partial charge < -0.3 is 4.84 Å². The van der Waals surface area contributed by atoms with Gasteiger partial charge in [0, 0.05) is 0 Å². The molecule has 2 nitrogen and oxygen atoms in total. The molecular weight excluding hydrogens is 318 g/mol. The average Bonchev–Trinajstić information content (AvgIpc) is 2.66. The van der Waals surface area contributed by atoms with Crippen LogP contribution in [0.3, 0.4) is 0 Å². The molecule has 0 unspecified atom stereocenters. The fourth-order valence-electron chi connectivity index (χ4n) is 1.73. The Labute approximate surface area is 162 Å². The van der Waals surface area contributed by atoms with Crippen LogP contribution < -0.4 is 0 Å². The van der Waals surface area contributed by atoms with E-state index in [2.05, 4.69) is 51.6 Å². The molecule has 0 aliphatic rings. The summed E-state index contributed by atoms with van der Waals surface area (Å²) in [6, 6.07) is 10.1. The maximum atomic E-state index is 5.39. The summed E-state index contributed by atoms with van der Waals surface area (Å²) in [6.07, 6.45) is 15.3. The van der Waals surface area contributed by atoms with E-state index in [0.29, 0.717) is 6.61 Å². The van der Waals surface area contributed by atoms with Crippen LogP contribution in [0.1, 0.15) is 72.3 Å². The van der Waals surface area contributed by atoms with Crippen molar-refractivity contribution in [2.45, 2.75) is 73.3 Å². The minimum atomic E-state index is 0.551. The van der Waals surface area contributed by atoms with Gasteiger partial charge >= 0.3 is 0 Å². The quantitative estimate of drug-likeness (QED) is 0.191. The fourth-order valence-corrected chi connectivity index (χ4v) is 1.73. The van der Waals surface area contributed by atoms with Crippen molar-refractivity contribution < 1.29 is 4.84 Å². The molecule has 1 aromatic carbocycles. The minimum absolute atomic E-state index is 0.551. The van der Waals surface area contributed by atoms with Crippen molar-refractivity contribution in [2.24, 2.45) is 5.16 Å². The molecule has 0 aliphatic heterocycles. The topological polar surface area (TPSA) is 21.6 Å². The van der Waals surface area contributed by atoms with Gasteiger partial charge in [-0.25, -0.2) is 0 Å². The maximum absolute atomic E-state index is 5.39. The molecule has 0 saturated carbocycles. The SMILES string of the molecule is C=C/C=C\C.CC/C=C/CC/C(CC)=N/OCc1ccccc1.CCC. The maximum Gasteiger partial charge on any atom is 0.142 e. The molecule has 146 valence electrons. The zero-order chi connectivity index (χ0) is 19.9. The smallest absolute Gasteiger partial charge is 0.142 e. The van der Waals surface area contributed by atoms with Crippen molar-refractivity contribution in [1.82, 2.24) is 0 Å². The normalized spacial score (nSPS) is 10.7. The standard InChI is InChI=1S/C16H23NO.C5H8.C3H8/c1-3-5-6-10-13-16(4-2)17-18-14-15-11-8-7-9-12-15;1-3-5-4-2;1-3-2/h5-9,11-12H,3-4,10,13-14H2,1-2H3;3-5H,1H2,2H3;3H2,1-2H3/b6-5+,17-16+;5-4-;. The molecule has 0 atom stereocenters. The summed E-state index contributed by atoms with van der Waals surface area (Å²) in [6.45, 7) is 14.5. The Morgan fingerprint density at radius 3 is 2.19 bits per heavy atom. The highest BCUT2D eigenvalue weighted by Crippen LogP contribution is 2.04. The Bertz CT molecular complexity index is 486. The highest BCUT2D eigenvalue weighted by Gasteiger charge is 1.96. The van der Waals surface area contributed by atoms with Crippen LogP contribution in [-0.2, 0) is 11.4 Å². The lowest BCUT2D eigenvalue weighted by molar-refractivity contribution is 0.129. The van der Waals surface area contributed by atoms with Crippen LogP contribution in [0.2, 0.25) is 0 Å². The number of oxime groups is 1. The van der Waals surface area contributed by atoms with E-state index < -0.39 is 0 Å². The second-order valence-corrected chi connectivity index (χ2v) is 5.66. The molecule has 0 heterocycles. The Morgan fingerprint density at radius 2 is 1.73 bits per heavy atom. The van der Waals surface area contributed by atoms with Crippen LogP contribution in [0.4, 0.5) is 0 Å². The molecule has 0 radical (unpaired) electrons. The van der Waals surface area contributed by atoms with Crippen LogP contribution in [0.15, 0.2) is 72.4 Å². The Morgan fingerprint density at radius 1 is 1.08 bits per heavy atom. The Kier molecular flexibility index (Phi) is 23.0. The van der Waals surface area contributed by atoms with Gasteiger partial charge in [-0.2, -0.15) is 0 Å². The van der Waals surface area contributed by atoms with Crippen LogP contribution in [0, 0.1) is 0 Å². The second kappa shape index (κ2) is 22.9. The van der Waals surface area contributed by atoms with Crippen molar-refractivity contribution in [3.05, 3.63) is 72.9 Å². The predicted octanol–water partition coefficient (Wildman–Crippen LogP) is 7.88. The molecular formula is C24H39NO. The minimum Gasteiger partial charge on any atom is -0.391 e. The van der Waals surface area contributed by atoms with E-state index in [0.717, 1.165) is 37.0 Å². The van der Waals surface area contributed by atoms with E-state index in [-0.39, 0.29) is 0 Å². The molecule has 0 aromatic heterocycles. The number of nitrogens with zero attached hydrogens (tertiary/aromatic N) is 1. The summed E-state index contributed by atoms with van der Waals surface area (Å²) in [7, 11) is 0. The summed E-state index contributed by atoms with van der Waals surface area (Å²) in [5, 5.41) is 4.22. The van der Waals surface area contributed by atoms with Gasteiger partial charge in [0.25, 0.3) is 0 Å². The van der Waals surface area contributed by atoms with E-state index >= 15 is 0 Å². The van der Waals surface area contributed by atoms with Gasteiger partial charge in [-0.1, -0.05) is 107 Å². The molecule has 0 spiro atoms. The molecule has 0 saturated heterocycles. The van der Waals surface area contributed by atoms with Crippen LogP contribution in [0.5, 0.6) is 0 Å². The average molecular weight is 358 g/mol. The first kappa shape index (κ1) is 26.1. The van der Waals surface area contributed by atoms with Crippen molar-refractivity contribution in [1.29, 1.82) is 0 Å². The zero-order valence-electron chi connectivity index (χ0n) is 17.6. The molecule has 26 heavy (non-hydrogen) atoms. The second-order valence-electron chi connectivity index (χ2n) is 5.66. The van der Waals surface area contributed by atoms with Crippen molar-refractivity contribution in [3.8, 4) is 0 Å². The van der Waals surface area contributed by atoms with Crippen molar-refractivity contribution in [3.63, 3.8) is 0 Å². The monoisotopic (exact) mass is 357 g/mol. The number of allylic oxidation sites excluding steroid dienone is 5. The molecule has 2 heteroatoms. The van der Waals surface area contributed by atoms with E-state index in [1.165, 1.54) is 6.42 Å². The van der Waals surface area contributed by atoms with Gasteiger partial charge in [-0.05, 0) is 38.2 Å². The van der Waals surface area contributed by atoms with Crippen molar-refractivity contribution >= 4 is 5.71 Å². The van der Waals surface area contributed by atoms with E-state index in [9.17, 15) is 0 Å². The fraction of sp³-hybridized carbons (Fsp3) is 0.458. The molecule has 0 amide bonds. The van der Waals surface area contributed by atoms with E-state index in [4.69, 9.17) is 4.84 Å². The third kappa shape index (κ3) is 20.0. The van der Waals surface area contributed by atoms with Crippen LogP contribution in [-0.4, -0.2) is 5.71 Å². The highest BCUT2D eigenvalue weighted by molar-refractivity contribution is 5.83. The van der Waals surface area contributed by atoms with E-state index in [1.54, 1.807) is 6.08 Å². The van der Waals surface area contributed by atoms with Crippen LogP contribution >= 0.6 is 0 Å². The first-order valence-corrected chi connectivity index (χ1v) is 9.80. The van der Waals surface area contributed by atoms with Gasteiger partial charge in [0.1, 0.15) is 6.61 Å². The lowest BCUT2D eigenvalue weighted by atomic mass is 10.1. The summed E-state index contributed by atoms with van der Waals surface area (Å²) in [5.74, 6) is 0. The third-order valence-corrected chi connectivity index (χ3v) is 3.01. The highest BCUT2D eigenvalue weighted by atomic mass is 16.6. The lowest BCUT2D eigenvalue weighted by Gasteiger charge is -2.03. The predicted molar refractivity (Wildman–Crippen MR) is 119 cm³/mol. The van der Waals surface area contributed by atoms with Gasteiger partial charge in [-0.15, -0.1) is 0 Å². The van der Waals surface area contributed by atoms with Gasteiger partial charge in [0.15, 0.2) is 0 Å². The Hall–Kier alpha value is -2.09. The molecule has 0 aliphatic carbocycles. The summed E-state index contributed by atoms with van der Waals surface area (Å²) < 4.78 is 0. The number of hydrogen-bond acceptors (Lipinski definition) is 2. The number of rotatable bonds is 9. The van der Waals surface area contributed by atoms with Gasteiger partial charge in [0.05, 0.1) is 5.71 Å². The molecule has 1 aromatic rings. The zero-order valence-corrected chi connectivity index (χ0v) is 17.6. The van der Waals surface area contributed by atoms with Crippen LogP contribution in [0.25, 0.3) is 0 Å². The Balaban J connectivity index is 0. The summed E-state index contributed by atoms with van der Waals surface area (Å²) in [5.41, 5.74) is 2.29. The lowest BCUT2D eigenvalue weighted by Crippen LogP contribution is -1.97. The molecule has 0 bridgehead atoms. The summed E-state index contributed by atoms with van der Waals surface area (Å²) >= 11 is 0. The van der Waals surface area contributed by atoms with Crippen molar-refractivity contribution in [2.75, 3.05) is 0 Å². The third-order valence-electron chi connectivity index (χ3n) is 3.01. The summed E-state index contributed by atoms with van der Waals surface area (Å²) in [4.78, 5) is 5.39. The largest absolute Gasteiger partial charge is 0.391 e. The first-order chi connectivity index (χ1) is 12.7. The number of benzene rings is 1.